The van der Waals surface area contributed by atoms with Gasteiger partial charge in [0.15, 0.2) is 0 Å². The van der Waals surface area contributed by atoms with Gasteiger partial charge in [-0.05, 0) is 17.8 Å². The maximum absolute atomic E-state index is 6.04. The third-order valence-electron chi connectivity index (χ3n) is 2.41. The summed E-state index contributed by atoms with van der Waals surface area (Å²) < 4.78 is 0. The predicted octanol–water partition coefficient (Wildman–Crippen LogP) is 3.19. The van der Waals surface area contributed by atoms with Crippen LogP contribution in [0.4, 0.5) is 0 Å². The Labute approximate surface area is 77.7 Å². The molecule has 0 amide bonds. The molecule has 0 aliphatic carbocycles. The van der Waals surface area contributed by atoms with E-state index in [-0.39, 0.29) is 5.41 Å². The lowest BCUT2D eigenvalue weighted by Gasteiger charge is -2.27. The molecule has 0 radical (unpaired) electrons. The van der Waals surface area contributed by atoms with Crippen LogP contribution in [-0.4, -0.2) is 6.04 Å². The molecule has 74 valence electrons. The average molecular weight is 171 g/mol. The topological polar surface area (TPSA) is 26.0 Å². The summed E-state index contributed by atoms with van der Waals surface area (Å²) in [5, 5.41) is 0. The number of rotatable bonds is 4. The fourth-order valence-electron chi connectivity index (χ4n) is 1.18. The summed E-state index contributed by atoms with van der Waals surface area (Å²) in [6, 6.07) is 0.358. The Morgan fingerprint density at radius 2 is 1.58 bits per heavy atom. The molecule has 12 heavy (non-hydrogen) atoms. The summed E-state index contributed by atoms with van der Waals surface area (Å²) in [6.07, 6.45) is 3.75. The van der Waals surface area contributed by atoms with Crippen molar-refractivity contribution in [1.82, 2.24) is 0 Å². The fraction of sp³-hybridized carbons (Fsp3) is 1.00. The van der Waals surface area contributed by atoms with Crippen molar-refractivity contribution in [3.8, 4) is 0 Å². The van der Waals surface area contributed by atoms with E-state index in [4.69, 9.17) is 5.73 Å². The maximum atomic E-state index is 6.04. The van der Waals surface area contributed by atoms with E-state index in [1.54, 1.807) is 0 Å². The number of hydrogen-bond acceptors (Lipinski definition) is 1. The standard InChI is InChI=1S/C11H25N/c1-9(2)7-6-8-10(12)11(3,4)5/h9-10H,6-8,12H2,1-5H3. The van der Waals surface area contributed by atoms with Crippen LogP contribution in [0.2, 0.25) is 0 Å². The van der Waals surface area contributed by atoms with Gasteiger partial charge in [-0.25, -0.2) is 0 Å². The lowest BCUT2D eigenvalue weighted by Crippen LogP contribution is -2.34. The van der Waals surface area contributed by atoms with Crippen LogP contribution < -0.4 is 5.73 Å². The molecule has 0 aliphatic heterocycles. The number of hydrogen-bond donors (Lipinski definition) is 1. The highest BCUT2D eigenvalue weighted by molar-refractivity contribution is 4.76. The van der Waals surface area contributed by atoms with E-state index in [9.17, 15) is 0 Å². The molecule has 0 heterocycles. The van der Waals surface area contributed by atoms with E-state index in [0.29, 0.717) is 6.04 Å². The maximum Gasteiger partial charge on any atom is 0.00876 e. The Hall–Kier alpha value is -0.0400. The van der Waals surface area contributed by atoms with Gasteiger partial charge in [-0.2, -0.15) is 0 Å². The van der Waals surface area contributed by atoms with Gasteiger partial charge in [0.1, 0.15) is 0 Å². The van der Waals surface area contributed by atoms with Gasteiger partial charge in [-0.15, -0.1) is 0 Å². The van der Waals surface area contributed by atoms with Crippen molar-refractivity contribution in [1.29, 1.82) is 0 Å². The summed E-state index contributed by atoms with van der Waals surface area (Å²) >= 11 is 0. The average Bonchev–Trinajstić information content (AvgIpc) is 1.84. The molecule has 2 N–H and O–H groups in total. The van der Waals surface area contributed by atoms with E-state index in [1.807, 2.05) is 0 Å². The third kappa shape index (κ3) is 5.59. The normalized spacial score (nSPS) is 15.2. The van der Waals surface area contributed by atoms with Crippen LogP contribution >= 0.6 is 0 Å². The van der Waals surface area contributed by atoms with Crippen molar-refractivity contribution >= 4 is 0 Å². The second-order valence-corrected chi connectivity index (χ2v) is 5.30. The molecule has 0 rings (SSSR count). The van der Waals surface area contributed by atoms with Gasteiger partial charge in [-0.3, -0.25) is 0 Å². The van der Waals surface area contributed by atoms with Gasteiger partial charge in [-0.1, -0.05) is 47.5 Å². The van der Waals surface area contributed by atoms with Crippen molar-refractivity contribution in [2.75, 3.05) is 0 Å². The highest BCUT2D eigenvalue weighted by Crippen LogP contribution is 2.22. The van der Waals surface area contributed by atoms with E-state index < -0.39 is 0 Å². The minimum atomic E-state index is 0.275. The van der Waals surface area contributed by atoms with Gasteiger partial charge < -0.3 is 5.73 Å². The summed E-state index contributed by atoms with van der Waals surface area (Å²) in [4.78, 5) is 0. The summed E-state index contributed by atoms with van der Waals surface area (Å²) in [7, 11) is 0. The van der Waals surface area contributed by atoms with Crippen LogP contribution in [0.25, 0.3) is 0 Å². The van der Waals surface area contributed by atoms with Crippen LogP contribution in [-0.2, 0) is 0 Å². The Bertz CT molecular complexity index is 111. The number of nitrogens with two attached hydrogens (primary N) is 1. The molecule has 0 aliphatic rings. The first kappa shape index (κ1) is 12.0. The van der Waals surface area contributed by atoms with Gasteiger partial charge in [0.2, 0.25) is 0 Å². The summed E-state index contributed by atoms with van der Waals surface area (Å²) in [5.41, 5.74) is 6.31. The van der Waals surface area contributed by atoms with Gasteiger partial charge in [0.25, 0.3) is 0 Å². The Morgan fingerprint density at radius 1 is 1.08 bits per heavy atom. The molecule has 0 fully saturated rings. The highest BCUT2D eigenvalue weighted by Gasteiger charge is 2.19. The Kier molecular flexibility index (Phi) is 4.84. The van der Waals surface area contributed by atoms with Crippen LogP contribution in [0.1, 0.15) is 53.9 Å². The molecule has 0 aromatic heterocycles. The van der Waals surface area contributed by atoms with Crippen molar-refractivity contribution in [3.63, 3.8) is 0 Å². The zero-order valence-corrected chi connectivity index (χ0v) is 9.35. The minimum Gasteiger partial charge on any atom is -0.327 e. The lowest BCUT2D eigenvalue weighted by atomic mass is 9.84. The van der Waals surface area contributed by atoms with Crippen LogP contribution in [0.5, 0.6) is 0 Å². The molecule has 0 saturated carbocycles. The molecule has 1 unspecified atom stereocenters. The SMILES string of the molecule is CC(C)CCCC(N)C(C)(C)C. The zero-order valence-electron chi connectivity index (χ0n) is 9.35. The highest BCUT2D eigenvalue weighted by atomic mass is 14.7. The van der Waals surface area contributed by atoms with E-state index in [0.717, 1.165) is 5.92 Å². The van der Waals surface area contributed by atoms with E-state index in [1.165, 1.54) is 19.3 Å². The molecule has 1 nitrogen and oxygen atoms in total. The first-order valence-electron chi connectivity index (χ1n) is 5.09. The smallest absolute Gasteiger partial charge is 0.00876 e. The Morgan fingerprint density at radius 3 is 1.92 bits per heavy atom. The zero-order chi connectivity index (χ0) is 9.78. The van der Waals surface area contributed by atoms with Gasteiger partial charge in [0, 0.05) is 6.04 Å². The van der Waals surface area contributed by atoms with Crippen molar-refractivity contribution in [2.24, 2.45) is 17.1 Å². The largest absolute Gasteiger partial charge is 0.327 e. The summed E-state index contributed by atoms with van der Waals surface area (Å²) in [6.45, 7) is 11.2. The first-order chi connectivity index (χ1) is 5.34. The summed E-state index contributed by atoms with van der Waals surface area (Å²) in [5.74, 6) is 0.817. The lowest BCUT2D eigenvalue weighted by molar-refractivity contribution is 0.295. The van der Waals surface area contributed by atoms with Crippen LogP contribution in [0, 0.1) is 11.3 Å². The molecular weight excluding hydrogens is 146 g/mol. The van der Waals surface area contributed by atoms with E-state index >= 15 is 0 Å². The van der Waals surface area contributed by atoms with Gasteiger partial charge >= 0.3 is 0 Å². The molecular formula is C11H25N. The molecule has 0 spiro atoms. The molecule has 0 aromatic rings. The molecule has 1 heteroatoms. The first-order valence-corrected chi connectivity index (χ1v) is 5.09. The fourth-order valence-corrected chi connectivity index (χ4v) is 1.18. The second kappa shape index (κ2) is 4.86. The monoisotopic (exact) mass is 171 g/mol. The predicted molar refractivity (Wildman–Crippen MR) is 56.1 cm³/mol. The van der Waals surface area contributed by atoms with Crippen LogP contribution in [0.15, 0.2) is 0 Å². The van der Waals surface area contributed by atoms with Crippen molar-refractivity contribution in [3.05, 3.63) is 0 Å². The molecule has 0 bridgehead atoms. The van der Waals surface area contributed by atoms with Crippen LogP contribution in [0.3, 0.4) is 0 Å². The molecule has 1 atom stereocenters. The van der Waals surface area contributed by atoms with Gasteiger partial charge in [0.05, 0.1) is 0 Å². The molecule has 0 aromatic carbocycles. The molecule has 0 saturated heterocycles. The quantitative estimate of drug-likeness (QED) is 0.690. The third-order valence-corrected chi connectivity index (χ3v) is 2.41. The van der Waals surface area contributed by atoms with Crippen molar-refractivity contribution < 1.29 is 0 Å². The Balaban J connectivity index is 3.51. The second-order valence-electron chi connectivity index (χ2n) is 5.30. The minimum absolute atomic E-state index is 0.275. The van der Waals surface area contributed by atoms with Crippen molar-refractivity contribution in [2.45, 2.75) is 59.9 Å². The van der Waals surface area contributed by atoms with E-state index in [2.05, 4.69) is 34.6 Å².